The summed E-state index contributed by atoms with van der Waals surface area (Å²) in [6.07, 6.45) is 0.0721. The van der Waals surface area contributed by atoms with Gasteiger partial charge in [-0.15, -0.1) is 0 Å². The first-order chi connectivity index (χ1) is 11.6. The number of hydrogen-bond acceptors (Lipinski definition) is 2. The van der Waals surface area contributed by atoms with Crippen LogP contribution in [0, 0.1) is 11.7 Å². The Kier molecular flexibility index (Phi) is 4.81. The minimum absolute atomic E-state index is 0.0721. The van der Waals surface area contributed by atoms with E-state index in [9.17, 15) is 14.0 Å². The van der Waals surface area contributed by atoms with E-state index in [2.05, 4.69) is 5.32 Å². The largest absolute Gasteiger partial charge is 0.352 e. The molecular formula is C18H16ClFN2O2. The van der Waals surface area contributed by atoms with Crippen LogP contribution in [0.1, 0.15) is 12.0 Å². The lowest BCUT2D eigenvalue weighted by molar-refractivity contribution is -0.126. The number of hydrogen-bond donors (Lipinski definition) is 1. The third kappa shape index (κ3) is 3.41. The van der Waals surface area contributed by atoms with Crippen molar-refractivity contribution in [3.05, 3.63) is 64.9 Å². The van der Waals surface area contributed by atoms with Gasteiger partial charge in [0.1, 0.15) is 5.82 Å². The average molecular weight is 347 g/mol. The van der Waals surface area contributed by atoms with E-state index in [1.165, 1.54) is 17.0 Å². The van der Waals surface area contributed by atoms with Crippen molar-refractivity contribution in [2.24, 2.45) is 5.92 Å². The summed E-state index contributed by atoms with van der Waals surface area (Å²) in [5, 5.41) is 3.37. The van der Waals surface area contributed by atoms with Gasteiger partial charge in [0.2, 0.25) is 11.8 Å². The highest BCUT2D eigenvalue weighted by Gasteiger charge is 2.35. The van der Waals surface area contributed by atoms with Crippen LogP contribution in [0.4, 0.5) is 10.1 Å². The Morgan fingerprint density at radius 3 is 2.67 bits per heavy atom. The molecule has 6 heteroatoms. The van der Waals surface area contributed by atoms with Crippen LogP contribution in [0.2, 0.25) is 5.02 Å². The zero-order valence-electron chi connectivity index (χ0n) is 12.8. The van der Waals surface area contributed by atoms with Crippen LogP contribution in [-0.4, -0.2) is 18.4 Å². The van der Waals surface area contributed by atoms with Gasteiger partial charge in [-0.2, -0.15) is 0 Å². The van der Waals surface area contributed by atoms with Crippen molar-refractivity contribution in [1.29, 1.82) is 0 Å². The topological polar surface area (TPSA) is 49.4 Å². The van der Waals surface area contributed by atoms with Gasteiger partial charge in [0.25, 0.3) is 0 Å². The molecule has 0 spiro atoms. The number of halogens is 2. The first-order valence-corrected chi connectivity index (χ1v) is 8.00. The number of nitrogens with zero attached hydrogens (tertiary/aromatic N) is 1. The highest BCUT2D eigenvalue weighted by Crippen LogP contribution is 2.27. The van der Waals surface area contributed by atoms with E-state index >= 15 is 0 Å². The summed E-state index contributed by atoms with van der Waals surface area (Å²) in [6, 6.07) is 13.3. The van der Waals surface area contributed by atoms with Crippen LogP contribution in [0.5, 0.6) is 0 Å². The Hall–Kier alpha value is -2.40. The van der Waals surface area contributed by atoms with Gasteiger partial charge < -0.3 is 10.2 Å². The van der Waals surface area contributed by atoms with Crippen LogP contribution >= 0.6 is 11.6 Å². The monoisotopic (exact) mass is 346 g/mol. The molecule has 1 saturated heterocycles. The number of carbonyl (C=O) groups excluding carboxylic acids is 2. The predicted molar refractivity (Wildman–Crippen MR) is 90.2 cm³/mol. The number of para-hydroxylation sites is 1. The third-order valence-corrected chi connectivity index (χ3v) is 4.42. The van der Waals surface area contributed by atoms with Gasteiger partial charge in [-0.3, -0.25) is 9.59 Å². The van der Waals surface area contributed by atoms with E-state index in [0.717, 1.165) is 5.56 Å². The van der Waals surface area contributed by atoms with E-state index < -0.39 is 11.7 Å². The molecule has 0 bridgehead atoms. The van der Waals surface area contributed by atoms with Gasteiger partial charge in [-0.25, -0.2) is 4.39 Å². The molecule has 1 aliphatic rings. The van der Waals surface area contributed by atoms with Crippen LogP contribution in [0.3, 0.4) is 0 Å². The predicted octanol–water partition coefficient (Wildman–Crippen LogP) is 3.15. The highest BCUT2D eigenvalue weighted by molar-refractivity contribution is 6.31. The zero-order valence-corrected chi connectivity index (χ0v) is 13.6. The first-order valence-electron chi connectivity index (χ1n) is 7.62. The minimum atomic E-state index is -0.500. The molecule has 0 aliphatic carbocycles. The van der Waals surface area contributed by atoms with E-state index in [1.807, 2.05) is 18.2 Å². The van der Waals surface area contributed by atoms with E-state index in [-0.39, 0.29) is 30.5 Å². The molecule has 124 valence electrons. The van der Waals surface area contributed by atoms with E-state index in [0.29, 0.717) is 11.6 Å². The Morgan fingerprint density at radius 2 is 1.92 bits per heavy atom. The number of benzene rings is 2. The van der Waals surface area contributed by atoms with Gasteiger partial charge in [-0.1, -0.05) is 41.9 Å². The van der Waals surface area contributed by atoms with Crippen LogP contribution in [-0.2, 0) is 16.1 Å². The summed E-state index contributed by atoms with van der Waals surface area (Å²) in [7, 11) is 0. The summed E-state index contributed by atoms with van der Waals surface area (Å²) in [5.74, 6) is -1.46. The van der Waals surface area contributed by atoms with Crippen LogP contribution < -0.4 is 10.2 Å². The maximum atomic E-state index is 13.8. The Balaban J connectivity index is 1.64. The van der Waals surface area contributed by atoms with Crippen molar-refractivity contribution in [3.63, 3.8) is 0 Å². The number of nitrogens with one attached hydrogen (secondary N) is 1. The number of anilines is 1. The fourth-order valence-corrected chi connectivity index (χ4v) is 2.96. The summed E-state index contributed by atoms with van der Waals surface area (Å²) < 4.78 is 13.8. The average Bonchev–Trinajstić information content (AvgIpc) is 2.96. The smallest absolute Gasteiger partial charge is 0.227 e. The molecule has 0 saturated carbocycles. The highest BCUT2D eigenvalue weighted by atomic mass is 35.5. The number of amides is 2. The quantitative estimate of drug-likeness (QED) is 0.924. The summed E-state index contributed by atoms with van der Waals surface area (Å²) >= 11 is 6.06. The Morgan fingerprint density at radius 1 is 1.21 bits per heavy atom. The second kappa shape index (κ2) is 7.01. The first kappa shape index (κ1) is 16.5. The molecule has 1 atom stereocenters. The maximum Gasteiger partial charge on any atom is 0.227 e. The molecule has 4 nitrogen and oxygen atoms in total. The third-order valence-electron chi connectivity index (χ3n) is 4.05. The molecule has 0 aromatic heterocycles. The zero-order chi connectivity index (χ0) is 17.1. The molecule has 2 aromatic carbocycles. The SMILES string of the molecule is O=C(NCc1ccccc1Cl)C1CC(=O)N(c2ccccc2F)C1. The van der Waals surface area contributed by atoms with Crippen molar-refractivity contribution in [1.82, 2.24) is 5.32 Å². The summed E-state index contributed by atoms with van der Waals surface area (Å²) in [5.41, 5.74) is 1.02. The number of carbonyl (C=O) groups is 2. The second-order valence-electron chi connectivity index (χ2n) is 5.67. The molecule has 24 heavy (non-hydrogen) atoms. The van der Waals surface area contributed by atoms with E-state index in [4.69, 9.17) is 11.6 Å². The number of rotatable bonds is 4. The molecule has 1 fully saturated rings. The van der Waals surface area contributed by atoms with E-state index in [1.54, 1.807) is 18.2 Å². The molecule has 1 aliphatic heterocycles. The maximum absolute atomic E-state index is 13.8. The molecule has 2 aromatic rings. The van der Waals surface area contributed by atoms with Gasteiger partial charge >= 0.3 is 0 Å². The van der Waals surface area contributed by atoms with Crippen LogP contribution in [0.15, 0.2) is 48.5 Å². The normalized spacial score (nSPS) is 17.2. The molecule has 1 heterocycles. The van der Waals surface area contributed by atoms with Crippen molar-refractivity contribution in [3.8, 4) is 0 Å². The Bertz CT molecular complexity index is 781. The lowest BCUT2D eigenvalue weighted by Gasteiger charge is -2.17. The lowest BCUT2D eigenvalue weighted by atomic mass is 10.1. The summed E-state index contributed by atoms with van der Waals surface area (Å²) in [4.78, 5) is 25.8. The lowest BCUT2D eigenvalue weighted by Crippen LogP contribution is -2.32. The van der Waals surface area contributed by atoms with Gasteiger partial charge in [-0.05, 0) is 23.8 Å². The molecule has 1 unspecified atom stereocenters. The van der Waals surface area contributed by atoms with Crippen molar-refractivity contribution in [2.75, 3.05) is 11.4 Å². The van der Waals surface area contributed by atoms with Crippen molar-refractivity contribution >= 4 is 29.1 Å². The fraction of sp³-hybridized carbons (Fsp3) is 0.222. The van der Waals surface area contributed by atoms with Crippen LogP contribution in [0.25, 0.3) is 0 Å². The minimum Gasteiger partial charge on any atom is -0.352 e. The molecular weight excluding hydrogens is 331 g/mol. The van der Waals surface area contributed by atoms with Gasteiger partial charge in [0.15, 0.2) is 0 Å². The summed E-state index contributed by atoms with van der Waals surface area (Å²) in [6.45, 7) is 0.469. The molecule has 3 rings (SSSR count). The molecule has 0 radical (unpaired) electrons. The molecule has 1 N–H and O–H groups in total. The standard InChI is InChI=1S/C18H16ClFN2O2/c19-14-6-2-1-5-12(14)10-21-18(24)13-9-17(23)22(11-13)16-8-4-3-7-15(16)20/h1-8,13H,9-11H2,(H,21,24). The van der Waals surface area contributed by atoms with Gasteiger partial charge in [0, 0.05) is 24.5 Å². The second-order valence-corrected chi connectivity index (χ2v) is 6.07. The van der Waals surface area contributed by atoms with Gasteiger partial charge in [0.05, 0.1) is 11.6 Å². The fourth-order valence-electron chi connectivity index (χ4n) is 2.76. The molecule has 2 amide bonds. The van der Waals surface area contributed by atoms with Crippen molar-refractivity contribution < 1.29 is 14.0 Å². The van der Waals surface area contributed by atoms with Crippen molar-refractivity contribution in [2.45, 2.75) is 13.0 Å². The Labute approximate surface area is 144 Å².